The Labute approximate surface area is 113 Å². The van der Waals surface area contributed by atoms with Gasteiger partial charge in [-0.2, -0.15) is 0 Å². The fraction of sp³-hybridized carbons (Fsp3) is 0.429. The third-order valence-electron chi connectivity index (χ3n) is 3.08. The zero-order valence-corrected chi connectivity index (χ0v) is 11.8. The van der Waals surface area contributed by atoms with E-state index in [-0.39, 0.29) is 11.6 Å². The molecule has 2 N–H and O–H groups in total. The topological polar surface area (TPSA) is 59.0 Å². The van der Waals surface area contributed by atoms with Gasteiger partial charge in [-0.3, -0.25) is 0 Å². The van der Waals surface area contributed by atoms with Gasteiger partial charge in [-0.25, -0.2) is 9.78 Å². The summed E-state index contributed by atoms with van der Waals surface area (Å²) in [5.41, 5.74) is 1.72. The highest BCUT2D eigenvalue weighted by Gasteiger charge is 2.22. The molecule has 19 heavy (non-hydrogen) atoms. The number of fused-ring (bicyclic) bond motifs is 1. The molecular formula is C14H20N4O. The molecule has 2 aromatic rings. The molecule has 0 atom stereocenters. The molecule has 0 saturated heterocycles. The van der Waals surface area contributed by atoms with Crippen LogP contribution in [-0.4, -0.2) is 28.2 Å². The van der Waals surface area contributed by atoms with Crippen molar-refractivity contribution in [3.05, 3.63) is 30.1 Å². The minimum absolute atomic E-state index is 0.174. The number of aryl methyl sites for hydroxylation is 1. The molecule has 2 rings (SSSR count). The van der Waals surface area contributed by atoms with Crippen LogP contribution in [0.4, 0.5) is 4.79 Å². The van der Waals surface area contributed by atoms with Gasteiger partial charge in [-0.15, -0.1) is 0 Å². The van der Waals surface area contributed by atoms with Crippen molar-refractivity contribution in [2.75, 3.05) is 7.05 Å². The van der Waals surface area contributed by atoms with Crippen molar-refractivity contribution < 1.29 is 4.79 Å². The van der Waals surface area contributed by atoms with Crippen molar-refractivity contribution in [3.8, 4) is 0 Å². The molecular weight excluding hydrogens is 240 g/mol. The maximum Gasteiger partial charge on any atom is 0.315 e. The van der Waals surface area contributed by atoms with Crippen LogP contribution in [0.15, 0.2) is 24.3 Å². The lowest BCUT2D eigenvalue weighted by molar-refractivity contribution is 0.228. The minimum Gasteiger partial charge on any atom is -0.341 e. The fourth-order valence-electron chi connectivity index (χ4n) is 2.20. The molecule has 102 valence electrons. The number of para-hydroxylation sites is 2. The number of urea groups is 1. The van der Waals surface area contributed by atoms with Gasteiger partial charge in [0.05, 0.1) is 16.6 Å². The molecule has 0 bridgehead atoms. The molecule has 0 fully saturated rings. The van der Waals surface area contributed by atoms with E-state index in [0.29, 0.717) is 6.54 Å². The average Bonchev–Trinajstić information content (AvgIpc) is 2.65. The van der Waals surface area contributed by atoms with E-state index in [1.54, 1.807) is 7.05 Å². The van der Waals surface area contributed by atoms with E-state index in [2.05, 4.69) is 20.2 Å². The first-order valence-corrected chi connectivity index (χ1v) is 6.35. The molecule has 0 unspecified atom stereocenters. The maximum atomic E-state index is 11.5. The number of carbonyl (C=O) groups excluding carboxylic acids is 1. The van der Waals surface area contributed by atoms with Crippen molar-refractivity contribution >= 4 is 17.1 Å². The van der Waals surface area contributed by atoms with Crippen LogP contribution in [0.25, 0.3) is 11.0 Å². The first-order valence-electron chi connectivity index (χ1n) is 6.35. The van der Waals surface area contributed by atoms with Crippen LogP contribution in [0.1, 0.15) is 19.7 Å². The molecule has 0 aliphatic heterocycles. The van der Waals surface area contributed by atoms with E-state index < -0.39 is 0 Å². The Morgan fingerprint density at radius 1 is 1.37 bits per heavy atom. The quantitative estimate of drug-likeness (QED) is 0.887. The number of rotatable bonds is 3. The number of hydrogen-bond donors (Lipinski definition) is 2. The molecule has 0 aliphatic carbocycles. The van der Waals surface area contributed by atoms with E-state index in [4.69, 9.17) is 0 Å². The fourth-order valence-corrected chi connectivity index (χ4v) is 2.20. The highest BCUT2D eigenvalue weighted by atomic mass is 16.2. The summed E-state index contributed by atoms with van der Waals surface area (Å²) in [6.45, 7) is 6.65. The second-order valence-corrected chi connectivity index (χ2v) is 5.32. The van der Waals surface area contributed by atoms with Gasteiger partial charge in [0.25, 0.3) is 0 Å². The first-order chi connectivity index (χ1) is 8.93. The summed E-state index contributed by atoms with van der Waals surface area (Å²) in [6, 6.07) is 7.85. The molecule has 1 heterocycles. The van der Waals surface area contributed by atoms with Gasteiger partial charge in [-0.1, -0.05) is 12.1 Å². The van der Waals surface area contributed by atoms with E-state index in [1.165, 1.54) is 0 Å². The predicted octanol–water partition coefficient (Wildman–Crippen LogP) is 2.05. The standard InChI is InChI=1S/C14H20N4O/c1-10-16-11-7-5-6-8-12(11)18(10)9-14(2,3)17-13(19)15-4/h5-8H,9H2,1-4H3,(H2,15,17,19). The average molecular weight is 260 g/mol. The Kier molecular flexibility index (Phi) is 3.46. The van der Waals surface area contributed by atoms with Crippen LogP contribution < -0.4 is 10.6 Å². The SMILES string of the molecule is CNC(=O)NC(C)(C)Cn1c(C)nc2ccccc21. The van der Waals surface area contributed by atoms with Crippen LogP contribution in [0.3, 0.4) is 0 Å². The number of carbonyl (C=O) groups is 1. The summed E-state index contributed by atoms with van der Waals surface area (Å²) in [7, 11) is 1.61. The van der Waals surface area contributed by atoms with E-state index in [9.17, 15) is 4.79 Å². The Balaban J connectivity index is 2.30. The molecule has 5 heteroatoms. The second-order valence-electron chi connectivity index (χ2n) is 5.32. The van der Waals surface area contributed by atoms with Crippen LogP contribution in [-0.2, 0) is 6.54 Å². The van der Waals surface area contributed by atoms with E-state index in [1.807, 2.05) is 45.0 Å². The minimum atomic E-state index is -0.353. The summed E-state index contributed by atoms with van der Waals surface area (Å²) in [5, 5.41) is 5.52. The van der Waals surface area contributed by atoms with Gasteiger partial charge in [0, 0.05) is 13.6 Å². The highest BCUT2D eigenvalue weighted by molar-refractivity contribution is 5.76. The van der Waals surface area contributed by atoms with Crippen molar-refractivity contribution in [2.24, 2.45) is 0 Å². The highest BCUT2D eigenvalue weighted by Crippen LogP contribution is 2.18. The van der Waals surface area contributed by atoms with Crippen molar-refractivity contribution in [1.82, 2.24) is 20.2 Å². The van der Waals surface area contributed by atoms with Crippen molar-refractivity contribution in [1.29, 1.82) is 0 Å². The molecule has 5 nitrogen and oxygen atoms in total. The number of amides is 2. The second kappa shape index (κ2) is 4.91. The summed E-state index contributed by atoms with van der Waals surface area (Å²) in [5.74, 6) is 0.952. The summed E-state index contributed by atoms with van der Waals surface area (Å²) >= 11 is 0. The van der Waals surface area contributed by atoms with Gasteiger partial charge in [0.1, 0.15) is 5.82 Å². The van der Waals surface area contributed by atoms with Gasteiger partial charge >= 0.3 is 6.03 Å². The number of nitrogens with zero attached hydrogens (tertiary/aromatic N) is 2. The molecule has 0 saturated carbocycles. The van der Waals surface area contributed by atoms with Gasteiger partial charge in [-0.05, 0) is 32.9 Å². The van der Waals surface area contributed by atoms with Crippen LogP contribution in [0, 0.1) is 6.92 Å². The summed E-state index contributed by atoms with van der Waals surface area (Å²) in [4.78, 5) is 16.0. The Morgan fingerprint density at radius 2 is 2.05 bits per heavy atom. The van der Waals surface area contributed by atoms with Gasteiger partial charge in [0.2, 0.25) is 0 Å². The number of aromatic nitrogens is 2. The maximum absolute atomic E-state index is 11.5. The lowest BCUT2D eigenvalue weighted by Crippen LogP contribution is -2.49. The molecule has 2 amide bonds. The molecule has 0 spiro atoms. The summed E-state index contributed by atoms with van der Waals surface area (Å²) < 4.78 is 2.13. The third-order valence-corrected chi connectivity index (χ3v) is 3.08. The van der Waals surface area contributed by atoms with Crippen LogP contribution in [0.5, 0.6) is 0 Å². The number of hydrogen-bond acceptors (Lipinski definition) is 2. The smallest absolute Gasteiger partial charge is 0.315 e. The molecule has 1 aromatic carbocycles. The van der Waals surface area contributed by atoms with E-state index in [0.717, 1.165) is 16.9 Å². The zero-order chi connectivity index (χ0) is 14.0. The zero-order valence-electron chi connectivity index (χ0n) is 11.8. The van der Waals surface area contributed by atoms with Gasteiger partial charge < -0.3 is 15.2 Å². The predicted molar refractivity (Wildman–Crippen MR) is 76.1 cm³/mol. The normalized spacial score (nSPS) is 11.6. The number of imidazole rings is 1. The van der Waals surface area contributed by atoms with Crippen molar-refractivity contribution in [3.63, 3.8) is 0 Å². The van der Waals surface area contributed by atoms with Crippen LogP contribution >= 0.6 is 0 Å². The van der Waals surface area contributed by atoms with Gasteiger partial charge in [0.15, 0.2) is 0 Å². The number of nitrogens with one attached hydrogen (secondary N) is 2. The van der Waals surface area contributed by atoms with Crippen LogP contribution in [0.2, 0.25) is 0 Å². The lowest BCUT2D eigenvalue weighted by Gasteiger charge is -2.27. The van der Waals surface area contributed by atoms with Crippen molar-refractivity contribution in [2.45, 2.75) is 32.9 Å². The molecule has 0 aliphatic rings. The monoisotopic (exact) mass is 260 g/mol. The van der Waals surface area contributed by atoms with E-state index >= 15 is 0 Å². The summed E-state index contributed by atoms with van der Waals surface area (Å²) in [6.07, 6.45) is 0. The largest absolute Gasteiger partial charge is 0.341 e. The Bertz CT molecular complexity index is 601. The Hall–Kier alpha value is -2.04. The number of benzene rings is 1. The Morgan fingerprint density at radius 3 is 2.74 bits per heavy atom. The third kappa shape index (κ3) is 2.86. The molecule has 1 aromatic heterocycles. The first kappa shape index (κ1) is 13.4. The molecule has 0 radical (unpaired) electrons. The lowest BCUT2D eigenvalue weighted by atomic mass is 10.1.